The normalized spacial score (nSPS) is 25.4. The molecule has 0 N–H and O–H groups in total. The third-order valence-corrected chi connectivity index (χ3v) is 9.41. The Balaban J connectivity index is 0.00000217. The summed E-state index contributed by atoms with van der Waals surface area (Å²) in [6.45, 7) is 9.61. The molecule has 1 saturated carbocycles. The molecule has 3 aromatic carbocycles. The Hall–Kier alpha value is -2.28. The van der Waals surface area contributed by atoms with E-state index < -0.39 is 0 Å². The predicted octanol–water partition coefficient (Wildman–Crippen LogP) is 8.11. The first-order valence-electron chi connectivity index (χ1n) is 12.4. The molecular weight excluding hydrogens is 591 g/mol. The molecule has 4 aliphatic carbocycles. The van der Waals surface area contributed by atoms with E-state index in [2.05, 4.69) is 94.6 Å². The zero-order valence-corrected chi connectivity index (χ0v) is 22.8. The summed E-state index contributed by atoms with van der Waals surface area (Å²) in [5, 5.41) is 2.58. The van der Waals surface area contributed by atoms with Crippen molar-refractivity contribution in [3.05, 3.63) is 89.1 Å². The van der Waals surface area contributed by atoms with Crippen molar-refractivity contribution < 1.29 is 20.1 Å². The molecule has 1 heterocycles. The molecule has 2 heteroatoms. The Morgan fingerprint density at radius 1 is 0.706 bits per heavy atom. The molecule has 8 rings (SSSR count). The molecular formula is C32H30IrN-. The first kappa shape index (κ1) is 22.2. The van der Waals surface area contributed by atoms with E-state index in [1.807, 2.05) is 0 Å². The van der Waals surface area contributed by atoms with Crippen molar-refractivity contribution in [3.63, 3.8) is 0 Å². The molecule has 1 fully saturated rings. The van der Waals surface area contributed by atoms with Crippen molar-refractivity contribution in [3.8, 4) is 22.4 Å². The molecule has 0 unspecified atom stereocenters. The maximum atomic E-state index is 4.92. The van der Waals surface area contributed by atoms with Crippen molar-refractivity contribution >= 4 is 10.8 Å². The molecule has 173 valence electrons. The van der Waals surface area contributed by atoms with Gasteiger partial charge in [0.2, 0.25) is 0 Å². The van der Waals surface area contributed by atoms with Gasteiger partial charge in [-0.25, -0.2) is 0 Å². The molecule has 0 amide bonds. The van der Waals surface area contributed by atoms with Gasteiger partial charge in [-0.05, 0) is 81.2 Å². The van der Waals surface area contributed by atoms with Crippen molar-refractivity contribution in [2.75, 3.05) is 0 Å². The van der Waals surface area contributed by atoms with Gasteiger partial charge in [-0.15, -0.1) is 29.3 Å². The number of pyridine rings is 1. The summed E-state index contributed by atoms with van der Waals surface area (Å²) in [7, 11) is 0. The average molecular weight is 621 g/mol. The van der Waals surface area contributed by atoms with Crippen molar-refractivity contribution in [1.82, 2.24) is 4.98 Å². The van der Waals surface area contributed by atoms with Crippen LogP contribution in [0.15, 0.2) is 60.8 Å². The van der Waals surface area contributed by atoms with Crippen LogP contribution in [0.1, 0.15) is 75.6 Å². The summed E-state index contributed by atoms with van der Waals surface area (Å²) in [5.74, 6) is 0. The number of hydrogen-bond acceptors (Lipinski definition) is 1. The summed E-state index contributed by atoms with van der Waals surface area (Å²) in [6.07, 6.45) is 7.34. The second-order valence-corrected chi connectivity index (χ2v) is 11.8. The topological polar surface area (TPSA) is 12.9 Å². The maximum Gasteiger partial charge on any atom is 0.0239 e. The van der Waals surface area contributed by atoms with E-state index >= 15 is 0 Å². The second kappa shape index (κ2) is 7.12. The summed E-state index contributed by atoms with van der Waals surface area (Å²) in [6, 6.07) is 24.1. The standard InChI is InChI=1S/C32H30N.Ir/c1-30(2)25-8-6-5-7-23(25)24-10-9-20(15-26(24)30)29-18-21-16-27-28(17-22(21)19-33-29)32(4)13-11-31(27,3)12-14-32;/h5-8,10,15-19H,11-14H2,1-4H3;/q-1;. The van der Waals surface area contributed by atoms with Gasteiger partial charge in [0, 0.05) is 26.3 Å². The van der Waals surface area contributed by atoms with Crippen LogP contribution in [-0.4, -0.2) is 4.98 Å². The minimum atomic E-state index is -0.00499. The fraction of sp³-hybridized carbons (Fsp3) is 0.344. The molecule has 0 aliphatic heterocycles. The van der Waals surface area contributed by atoms with Crippen molar-refractivity contribution in [2.45, 2.75) is 69.6 Å². The van der Waals surface area contributed by atoms with Gasteiger partial charge in [0.1, 0.15) is 0 Å². The van der Waals surface area contributed by atoms with Gasteiger partial charge in [0.05, 0.1) is 0 Å². The zero-order valence-electron chi connectivity index (χ0n) is 20.4. The van der Waals surface area contributed by atoms with E-state index in [-0.39, 0.29) is 25.5 Å². The van der Waals surface area contributed by atoms with Crippen LogP contribution >= 0.6 is 0 Å². The third kappa shape index (κ3) is 2.85. The van der Waals surface area contributed by atoms with Crippen LogP contribution in [-0.2, 0) is 36.4 Å². The number of fused-ring (bicyclic) bond motifs is 6. The van der Waals surface area contributed by atoms with E-state index in [4.69, 9.17) is 4.98 Å². The largest absolute Gasteiger partial charge is 0.304 e. The van der Waals surface area contributed by atoms with Gasteiger partial charge in [0.25, 0.3) is 0 Å². The van der Waals surface area contributed by atoms with Gasteiger partial charge >= 0.3 is 0 Å². The summed E-state index contributed by atoms with van der Waals surface area (Å²) < 4.78 is 0. The Bertz CT molecular complexity index is 1470. The van der Waals surface area contributed by atoms with Gasteiger partial charge in [-0.2, -0.15) is 0 Å². The molecule has 34 heavy (non-hydrogen) atoms. The molecule has 2 bridgehead atoms. The molecule has 0 atom stereocenters. The molecule has 1 aromatic heterocycles. The second-order valence-electron chi connectivity index (χ2n) is 11.8. The summed E-state index contributed by atoms with van der Waals surface area (Å²) in [5.41, 5.74) is 11.4. The predicted molar refractivity (Wildman–Crippen MR) is 137 cm³/mol. The van der Waals surface area contributed by atoms with Gasteiger partial charge in [-0.1, -0.05) is 75.2 Å². The number of benzene rings is 3. The van der Waals surface area contributed by atoms with Crippen molar-refractivity contribution in [2.24, 2.45) is 0 Å². The van der Waals surface area contributed by atoms with Gasteiger partial charge in [0.15, 0.2) is 0 Å². The minimum Gasteiger partial charge on any atom is -0.304 e. The minimum absolute atomic E-state index is 0. The fourth-order valence-corrected chi connectivity index (χ4v) is 7.02. The number of rotatable bonds is 1. The molecule has 1 radical (unpaired) electrons. The molecule has 0 saturated heterocycles. The van der Waals surface area contributed by atoms with Crippen LogP contribution in [0.2, 0.25) is 0 Å². The molecule has 1 nitrogen and oxygen atoms in total. The van der Waals surface area contributed by atoms with Gasteiger partial charge < -0.3 is 4.98 Å². The van der Waals surface area contributed by atoms with Crippen LogP contribution in [0.25, 0.3) is 33.2 Å². The molecule has 0 spiro atoms. The van der Waals surface area contributed by atoms with Crippen LogP contribution in [0.4, 0.5) is 0 Å². The van der Waals surface area contributed by atoms with E-state index in [1.165, 1.54) is 58.7 Å². The van der Waals surface area contributed by atoms with Gasteiger partial charge in [-0.3, -0.25) is 0 Å². The van der Waals surface area contributed by atoms with E-state index in [0.717, 1.165) is 11.3 Å². The Kier molecular flexibility index (Phi) is 4.65. The Labute approximate surface area is 216 Å². The van der Waals surface area contributed by atoms with Crippen LogP contribution in [0, 0.1) is 6.07 Å². The van der Waals surface area contributed by atoms with Crippen LogP contribution in [0.3, 0.4) is 0 Å². The summed E-state index contributed by atoms with van der Waals surface area (Å²) >= 11 is 0. The average Bonchev–Trinajstić information content (AvgIpc) is 3.06. The van der Waals surface area contributed by atoms with E-state index in [1.54, 1.807) is 11.1 Å². The van der Waals surface area contributed by atoms with Crippen LogP contribution in [0.5, 0.6) is 0 Å². The SMILES string of the molecule is CC12CCC(C)(CC1)c1cc3cc(-c4[c-]cc5c(c4)C(C)(C)c4ccccc4-5)ncc3cc12.[Ir]. The zero-order chi connectivity index (χ0) is 22.6. The number of aromatic nitrogens is 1. The quantitative estimate of drug-likeness (QED) is 0.196. The number of nitrogens with zero attached hydrogens (tertiary/aromatic N) is 1. The first-order valence-corrected chi connectivity index (χ1v) is 12.4. The van der Waals surface area contributed by atoms with E-state index in [9.17, 15) is 0 Å². The Morgan fingerprint density at radius 2 is 1.35 bits per heavy atom. The fourth-order valence-electron chi connectivity index (χ4n) is 7.02. The molecule has 4 aromatic rings. The third-order valence-electron chi connectivity index (χ3n) is 9.41. The Morgan fingerprint density at radius 3 is 2.06 bits per heavy atom. The van der Waals surface area contributed by atoms with E-state index in [0.29, 0.717) is 10.8 Å². The smallest absolute Gasteiger partial charge is 0.0239 e. The maximum absolute atomic E-state index is 4.92. The van der Waals surface area contributed by atoms with Crippen LogP contribution < -0.4 is 0 Å². The van der Waals surface area contributed by atoms with Crippen molar-refractivity contribution in [1.29, 1.82) is 0 Å². The summed E-state index contributed by atoms with van der Waals surface area (Å²) in [4.78, 5) is 4.92. The first-order chi connectivity index (χ1) is 15.8. The monoisotopic (exact) mass is 621 g/mol. The molecule has 4 aliphatic rings. The number of hydrogen-bond donors (Lipinski definition) is 0.